The molecule has 166 valence electrons. The Morgan fingerprint density at radius 2 is 1.69 bits per heavy atom. The van der Waals surface area contributed by atoms with E-state index in [0.29, 0.717) is 18.1 Å². The van der Waals surface area contributed by atoms with E-state index in [2.05, 4.69) is 16.6 Å². The molecule has 0 heterocycles. The smallest absolute Gasteiger partial charge is 0.277 e. The lowest BCUT2D eigenvalue weighted by molar-refractivity contribution is -0.123. The van der Waals surface area contributed by atoms with Gasteiger partial charge in [-0.25, -0.2) is 5.43 Å². The standard InChI is InChI=1S/C26H28N2O4/c1-18-7-5-10-22(13-18)16-31-23-12-11-21(14-24(23)30-4)15-27-28-25(29)17-32-26-19(2)8-6-9-20(26)3/h5-15H,16-17H2,1-4H3,(H,28,29)/b27-15-. The van der Waals surface area contributed by atoms with E-state index in [-0.39, 0.29) is 12.5 Å². The molecule has 1 amide bonds. The average Bonchev–Trinajstić information content (AvgIpc) is 2.78. The van der Waals surface area contributed by atoms with Gasteiger partial charge in [-0.3, -0.25) is 4.79 Å². The van der Waals surface area contributed by atoms with E-state index in [1.807, 2.05) is 69.3 Å². The van der Waals surface area contributed by atoms with E-state index >= 15 is 0 Å². The van der Waals surface area contributed by atoms with Crippen molar-refractivity contribution in [3.8, 4) is 17.2 Å². The second-order valence-electron chi connectivity index (χ2n) is 7.49. The Kier molecular flexibility index (Phi) is 7.86. The number of para-hydroxylation sites is 1. The molecule has 0 fully saturated rings. The molecular weight excluding hydrogens is 404 g/mol. The van der Waals surface area contributed by atoms with Crippen LogP contribution < -0.4 is 19.6 Å². The van der Waals surface area contributed by atoms with Crippen molar-refractivity contribution in [2.45, 2.75) is 27.4 Å². The molecule has 0 bridgehead atoms. The van der Waals surface area contributed by atoms with Crippen LogP contribution in [0.3, 0.4) is 0 Å². The maximum Gasteiger partial charge on any atom is 0.277 e. The molecular formula is C26H28N2O4. The summed E-state index contributed by atoms with van der Waals surface area (Å²) in [4.78, 5) is 12.1. The number of benzene rings is 3. The number of rotatable bonds is 9. The SMILES string of the molecule is COc1cc(/C=N\NC(=O)COc2c(C)cccc2C)ccc1OCc1cccc(C)c1. The number of nitrogens with one attached hydrogen (secondary N) is 1. The van der Waals surface area contributed by atoms with Gasteiger partial charge in [0.05, 0.1) is 13.3 Å². The van der Waals surface area contributed by atoms with Crippen molar-refractivity contribution in [2.75, 3.05) is 13.7 Å². The predicted molar refractivity (Wildman–Crippen MR) is 126 cm³/mol. The first-order valence-electron chi connectivity index (χ1n) is 10.3. The van der Waals surface area contributed by atoms with Crippen molar-refractivity contribution in [1.29, 1.82) is 0 Å². The third kappa shape index (κ3) is 6.35. The van der Waals surface area contributed by atoms with Gasteiger partial charge in [0, 0.05) is 0 Å². The first-order valence-corrected chi connectivity index (χ1v) is 10.3. The normalized spacial score (nSPS) is 10.8. The minimum Gasteiger partial charge on any atom is -0.493 e. The van der Waals surface area contributed by atoms with Crippen molar-refractivity contribution in [3.05, 3.63) is 88.5 Å². The molecule has 3 aromatic rings. The van der Waals surface area contributed by atoms with Gasteiger partial charge < -0.3 is 14.2 Å². The quantitative estimate of drug-likeness (QED) is 0.392. The Balaban J connectivity index is 1.54. The van der Waals surface area contributed by atoms with Crippen LogP contribution in [0.1, 0.15) is 27.8 Å². The lowest BCUT2D eigenvalue weighted by atomic mass is 10.1. The van der Waals surface area contributed by atoms with E-state index in [0.717, 1.165) is 28.0 Å². The highest BCUT2D eigenvalue weighted by Crippen LogP contribution is 2.28. The summed E-state index contributed by atoms with van der Waals surface area (Å²) in [5.74, 6) is 1.61. The Hall–Kier alpha value is -3.80. The summed E-state index contributed by atoms with van der Waals surface area (Å²) >= 11 is 0. The van der Waals surface area contributed by atoms with Crippen LogP contribution >= 0.6 is 0 Å². The number of hydrogen-bond donors (Lipinski definition) is 1. The predicted octanol–water partition coefficient (Wildman–Crippen LogP) is 4.73. The molecule has 6 nitrogen and oxygen atoms in total. The maximum atomic E-state index is 12.1. The topological polar surface area (TPSA) is 69.2 Å². The fourth-order valence-electron chi connectivity index (χ4n) is 3.22. The molecule has 0 unspecified atom stereocenters. The van der Waals surface area contributed by atoms with Gasteiger partial charge >= 0.3 is 0 Å². The van der Waals surface area contributed by atoms with Crippen LogP contribution in [-0.2, 0) is 11.4 Å². The highest BCUT2D eigenvalue weighted by atomic mass is 16.5. The highest BCUT2D eigenvalue weighted by Gasteiger charge is 2.08. The lowest BCUT2D eigenvalue weighted by Gasteiger charge is -2.12. The van der Waals surface area contributed by atoms with Crippen molar-refractivity contribution >= 4 is 12.1 Å². The summed E-state index contributed by atoms with van der Waals surface area (Å²) in [6.07, 6.45) is 1.55. The molecule has 0 saturated heterocycles. The first-order chi connectivity index (χ1) is 15.5. The van der Waals surface area contributed by atoms with Crippen molar-refractivity contribution in [3.63, 3.8) is 0 Å². The minimum absolute atomic E-state index is 0.113. The summed E-state index contributed by atoms with van der Waals surface area (Å²) in [7, 11) is 1.59. The van der Waals surface area contributed by atoms with E-state index in [4.69, 9.17) is 14.2 Å². The number of methoxy groups -OCH3 is 1. The maximum absolute atomic E-state index is 12.1. The zero-order valence-corrected chi connectivity index (χ0v) is 18.8. The molecule has 0 aliphatic heterocycles. The van der Waals surface area contributed by atoms with Crippen molar-refractivity contribution in [1.82, 2.24) is 5.43 Å². The largest absolute Gasteiger partial charge is 0.493 e. The highest BCUT2D eigenvalue weighted by molar-refractivity contribution is 5.83. The van der Waals surface area contributed by atoms with E-state index in [1.165, 1.54) is 5.56 Å². The molecule has 3 rings (SSSR count). The molecule has 0 spiro atoms. The molecule has 0 aliphatic carbocycles. The van der Waals surface area contributed by atoms with Crippen LogP contribution in [0.5, 0.6) is 17.2 Å². The summed E-state index contributed by atoms with van der Waals surface area (Å²) in [5.41, 5.74) is 7.48. The van der Waals surface area contributed by atoms with Gasteiger partial charge in [-0.2, -0.15) is 5.10 Å². The second-order valence-corrected chi connectivity index (χ2v) is 7.49. The molecule has 0 aromatic heterocycles. The summed E-state index contributed by atoms with van der Waals surface area (Å²) in [6.45, 7) is 6.27. The number of aryl methyl sites for hydroxylation is 3. The number of carbonyl (C=O) groups excluding carboxylic acids is 1. The molecule has 32 heavy (non-hydrogen) atoms. The molecule has 0 aliphatic rings. The van der Waals surface area contributed by atoms with Gasteiger partial charge in [0.2, 0.25) is 0 Å². The zero-order chi connectivity index (χ0) is 22.9. The van der Waals surface area contributed by atoms with E-state index < -0.39 is 0 Å². The van der Waals surface area contributed by atoms with Gasteiger partial charge in [0.1, 0.15) is 12.4 Å². The molecule has 1 N–H and O–H groups in total. The number of hydrazone groups is 1. The van der Waals surface area contributed by atoms with E-state index in [1.54, 1.807) is 19.4 Å². The number of nitrogens with zero attached hydrogens (tertiary/aromatic N) is 1. The number of ether oxygens (including phenoxy) is 3. The summed E-state index contributed by atoms with van der Waals surface area (Å²) < 4.78 is 17.0. The number of amides is 1. The van der Waals surface area contributed by atoms with Gasteiger partial charge in [-0.05, 0) is 61.2 Å². The van der Waals surface area contributed by atoms with Gasteiger partial charge in [-0.1, -0.05) is 48.0 Å². The zero-order valence-electron chi connectivity index (χ0n) is 18.8. The van der Waals surface area contributed by atoms with E-state index in [9.17, 15) is 4.79 Å². The van der Waals surface area contributed by atoms with Crippen LogP contribution in [0.15, 0.2) is 65.8 Å². The van der Waals surface area contributed by atoms with Crippen molar-refractivity contribution in [2.24, 2.45) is 5.10 Å². The van der Waals surface area contributed by atoms with Gasteiger partial charge in [0.15, 0.2) is 18.1 Å². The first kappa shape index (κ1) is 22.9. The van der Waals surface area contributed by atoms with Gasteiger partial charge in [-0.15, -0.1) is 0 Å². The average molecular weight is 433 g/mol. The Labute approximate surface area is 188 Å². The molecule has 3 aromatic carbocycles. The second kappa shape index (κ2) is 11.0. The summed E-state index contributed by atoms with van der Waals surface area (Å²) in [6, 6.07) is 19.5. The fourth-order valence-corrected chi connectivity index (χ4v) is 3.22. The number of hydrogen-bond acceptors (Lipinski definition) is 5. The van der Waals surface area contributed by atoms with Crippen LogP contribution in [0.4, 0.5) is 0 Å². The van der Waals surface area contributed by atoms with Crippen LogP contribution in [0, 0.1) is 20.8 Å². The number of carbonyl (C=O) groups is 1. The van der Waals surface area contributed by atoms with Crippen molar-refractivity contribution < 1.29 is 19.0 Å². The molecule has 0 saturated carbocycles. The van der Waals surface area contributed by atoms with Crippen LogP contribution in [0.2, 0.25) is 0 Å². The fraction of sp³-hybridized carbons (Fsp3) is 0.231. The molecule has 0 atom stereocenters. The Morgan fingerprint density at radius 3 is 2.41 bits per heavy atom. The third-order valence-electron chi connectivity index (χ3n) is 4.82. The van der Waals surface area contributed by atoms with Gasteiger partial charge in [0.25, 0.3) is 5.91 Å². The molecule has 0 radical (unpaired) electrons. The lowest BCUT2D eigenvalue weighted by Crippen LogP contribution is -2.25. The Morgan fingerprint density at radius 1 is 0.938 bits per heavy atom. The van der Waals surface area contributed by atoms with Crippen LogP contribution in [0.25, 0.3) is 0 Å². The minimum atomic E-state index is -0.339. The Bertz CT molecular complexity index is 1090. The summed E-state index contributed by atoms with van der Waals surface area (Å²) in [5, 5.41) is 4.01. The third-order valence-corrected chi connectivity index (χ3v) is 4.82. The molecule has 6 heteroatoms. The van der Waals surface area contributed by atoms with Crippen LogP contribution in [-0.4, -0.2) is 25.8 Å². The monoisotopic (exact) mass is 432 g/mol.